The van der Waals surface area contributed by atoms with Crippen molar-refractivity contribution in [3.05, 3.63) is 70.8 Å². The molecule has 5 heteroatoms. The molecule has 31 heavy (non-hydrogen) atoms. The van der Waals surface area contributed by atoms with Gasteiger partial charge in [-0.25, -0.2) is 0 Å². The summed E-state index contributed by atoms with van der Waals surface area (Å²) in [7, 11) is 3.93. The van der Waals surface area contributed by atoms with Gasteiger partial charge < -0.3 is 14.9 Å². The van der Waals surface area contributed by atoms with Crippen LogP contribution in [0.1, 0.15) is 55.3 Å². The molecule has 3 rings (SSSR count). The van der Waals surface area contributed by atoms with Crippen LogP contribution in [0.15, 0.2) is 54.1 Å². The molecule has 0 aromatic heterocycles. The average molecular weight is 421 g/mol. The zero-order valence-electron chi connectivity index (χ0n) is 18.9. The van der Waals surface area contributed by atoms with Crippen LogP contribution >= 0.6 is 0 Å². The molecule has 1 aliphatic rings. The SMILES string of the molecule is CCCCCCN1C(=O)C(=O)/C(=C(\O)c2ccc(C)cc2)C1c1ccc(N(C)C)cc1. The quantitative estimate of drug-likeness (QED) is 0.281. The van der Waals surface area contributed by atoms with Crippen LogP contribution in [0.2, 0.25) is 0 Å². The molecule has 0 saturated carbocycles. The van der Waals surface area contributed by atoms with Gasteiger partial charge in [0.05, 0.1) is 11.6 Å². The van der Waals surface area contributed by atoms with Crippen molar-refractivity contribution in [2.24, 2.45) is 0 Å². The molecule has 1 heterocycles. The molecule has 2 aromatic carbocycles. The molecule has 5 nitrogen and oxygen atoms in total. The van der Waals surface area contributed by atoms with Gasteiger partial charge in [-0.05, 0) is 31.0 Å². The van der Waals surface area contributed by atoms with E-state index < -0.39 is 17.7 Å². The maximum Gasteiger partial charge on any atom is 0.295 e. The van der Waals surface area contributed by atoms with Crippen LogP contribution in [-0.2, 0) is 9.59 Å². The third kappa shape index (κ3) is 4.82. The second-order valence-electron chi connectivity index (χ2n) is 8.41. The second-order valence-corrected chi connectivity index (χ2v) is 8.41. The number of carbonyl (C=O) groups excluding carboxylic acids is 2. The Morgan fingerprint density at radius 1 is 0.968 bits per heavy atom. The Morgan fingerprint density at radius 2 is 1.61 bits per heavy atom. The van der Waals surface area contributed by atoms with Gasteiger partial charge in [-0.2, -0.15) is 0 Å². The normalized spacial score (nSPS) is 17.9. The van der Waals surface area contributed by atoms with E-state index in [1.807, 2.05) is 62.3 Å². The smallest absolute Gasteiger partial charge is 0.295 e. The fourth-order valence-corrected chi connectivity index (χ4v) is 3.99. The van der Waals surface area contributed by atoms with Gasteiger partial charge in [-0.15, -0.1) is 0 Å². The summed E-state index contributed by atoms with van der Waals surface area (Å²) in [6.07, 6.45) is 4.03. The molecule has 164 valence electrons. The predicted molar refractivity (Wildman–Crippen MR) is 125 cm³/mol. The first-order valence-corrected chi connectivity index (χ1v) is 11.0. The standard InChI is InChI=1S/C26H32N2O3/c1-5-6-7-8-17-28-23(19-13-15-21(16-14-19)27(3)4)22(25(30)26(28)31)24(29)20-11-9-18(2)10-12-20/h9-16,23,29H,5-8,17H2,1-4H3/b24-22-. The summed E-state index contributed by atoms with van der Waals surface area (Å²) >= 11 is 0. The number of anilines is 1. The summed E-state index contributed by atoms with van der Waals surface area (Å²) in [5, 5.41) is 11.1. The van der Waals surface area contributed by atoms with E-state index in [0.29, 0.717) is 12.1 Å². The lowest BCUT2D eigenvalue weighted by Crippen LogP contribution is -2.30. The summed E-state index contributed by atoms with van der Waals surface area (Å²) < 4.78 is 0. The monoisotopic (exact) mass is 420 g/mol. The first-order valence-electron chi connectivity index (χ1n) is 11.0. The molecule has 0 bridgehead atoms. The molecule has 1 N–H and O–H groups in total. The highest BCUT2D eigenvalue weighted by atomic mass is 16.3. The number of unbranched alkanes of at least 4 members (excludes halogenated alkanes) is 3. The number of aliphatic hydroxyl groups is 1. The fraction of sp³-hybridized carbons (Fsp3) is 0.385. The number of aliphatic hydroxyl groups excluding tert-OH is 1. The number of ketones is 1. The number of carbonyl (C=O) groups is 2. The Balaban J connectivity index is 2.06. The fourth-order valence-electron chi connectivity index (χ4n) is 3.99. The zero-order valence-corrected chi connectivity index (χ0v) is 18.9. The maximum absolute atomic E-state index is 13.0. The number of benzene rings is 2. The number of aryl methyl sites for hydroxylation is 1. The molecular weight excluding hydrogens is 388 g/mol. The van der Waals surface area contributed by atoms with E-state index in [4.69, 9.17) is 0 Å². The van der Waals surface area contributed by atoms with Crippen LogP contribution in [-0.4, -0.2) is 42.3 Å². The first-order chi connectivity index (χ1) is 14.8. The van der Waals surface area contributed by atoms with Gasteiger partial charge in [0.1, 0.15) is 5.76 Å². The minimum absolute atomic E-state index is 0.115. The number of Topliss-reactive ketones (excluding diaryl/α,β-unsaturated/α-hetero) is 1. The third-order valence-electron chi connectivity index (χ3n) is 5.84. The molecule has 1 fully saturated rings. The Bertz CT molecular complexity index is 959. The molecule has 2 aromatic rings. The highest BCUT2D eigenvalue weighted by Gasteiger charge is 2.45. The largest absolute Gasteiger partial charge is 0.507 e. The van der Waals surface area contributed by atoms with E-state index in [1.54, 1.807) is 17.0 Å². The van der Waals surface area contributed by atoms with E-state index in [0.717, 1.165) is 42.5 Å². The second kappa shape index (κ2) is 9.82. The zero-order chi connectivity index (χ0) is 22.5. The summed E-state index contributed by atoms with van der Waals surface area (Å²) in [6, 6.07) is 14.6. The van der Waals surface area contributed by atoms with E-state index in [-0.39, 0.29) is 11.3 Å². The van der Waals surface area contributed by atoms with E-state index in [9.17, 15) is 14.7 Å². The minimum atomic E-state index is -0.616. The molecule has 1 amide bonds. The van der Waals surface area contributed by atoms with E-state index in [1.165, 1.54) is 0 Å². The van der Waals surface area contributed by atoms with E-state index >= 15 is 0 Å². The number of amides is 1. The van der Waals surface area contributed by atoms with Gasteiger partial charge in [0, 0.05) is 31.9 Å². The number of hydrogen-bond donors (Lipinski definition) is 1. The maximum atomic E-state index is 13.0. The summed E-state index contributed by atoms with van der Waals surface area (Å²) in [5.41, 5.74) is 3.63. The topological polar surface area (TPSA) is 60.9 Å². The van der Waals surface area contributed by atoms with Crippen LogP contribution in [0.3, 0.4) is 0 Å². The Morgan fingerprint density at radius 3 is 2.19 bits per heavy atom. The predicted octanol–water partition coefficient (Wildman–Crippen LogP) is 5.06. The van der Waals surface area contributed by atoms with Crippen molar-refractivity contribution in [1.82, 2.24) is 4.90 Å². The highest BCUT2D eigenvalue weighted by Crippen LogP contribution is 2.40. The van der Waals surface area contributed by atoms with Crippen molar-refractivity contribution in [2.45, 2.75) is 45.6 Å². The molecule has 1 atom stereocenters. The van der Waals surface area contributed by atoms with Gasteiger partial charge in [0.2, 0.25) is 0 Å². The number of nitrogens with zero attached hydrogens (tertiary/aromatic N) is 2. The van der Waals surface area contributed by atoms with Crippen LogP contribution < -0.4 is 4.90 Å². The summed E-state index contributed by atoms with van der Waals surface area (Å²) in [4.78, 5) is 29.6. The molecule has 1 saturated heterocycles. The van der Waals surface area contributed by atoms with Crippen molar-refractivity contribution >= 4 is 23.1 Å². The third-order valence-corrected chi connectivity index (χ3v) is 5.84. The van der Waals surface area contributed by atoms with Crippen molar-refractivity contribution in [3.63, 3.8) is 0 Å². The average Bonchev–Trinajstić information content (AvgIpc) is 3.01. The molecule has 0 spiro atoms. The van der Waals surface area contributed by atoms with E-state index in [2.05, 4.69) is 6.92 Å². The lowest BCUT2D eigenvalue weighted by Gasteiger charge is -2.26. The van der Waals surface area contributed by atoms with Gasteiger partial charge in [-0.1, -0.05) is 68.1 Å². The van der Waals surface area contributed by atoms with Gasteiger partial charge in [-0.3, -0.25) is 9.59 Å². The lowest BCUT2D eigenvalue weighted by molar-refractivity contribution is -0.139. The lowest BCUT2D eigenvalue weighted by atomic mass is 9.94. The Kier molecular flexibility index (Phi) is 7.16. The van der Waals surface area contributed by atoms with Crippen LogP contribution in [0.5, 0.6) is 0 Å². The van der Waals surface area contributed by atoms with Gasteiger partial charge >= 0.3 is 0 Å². The van der Waals surface area contributed by atoms with Crippen LogP contribution in [0.25, 0.3) is 5.76 Å². The molecule has 1 unspecified atom stereocenters. The van der Waals surface area contributed by atoms with Crippen molar-refractivity contribution in [1.29, 1.82) is 0 Å². The van der Waals surface area contributed by atoms with Crippen LogP contribution in [0.4, 0.5) is 5.69 Å². The first kappa shape index (κ1) is 22.6. The molecular formula is C26H32N2O3. The summed E-state index contributed by atoms with van der Waals surface area (Å²) in [5.74, 6) is -1.27. The highest BCUT2D eigenvalue weighted by molar-refractivity contribution is 6.46. The van der Waals surface area contributed by atoms with Crippen molar-refractivity contribution in [3.8, 4) is 0 Å². The molecule has 0 aliphatic carbocycles. The minimum Gasteiger partial charge on any atom is -0.507 e. The van der Waals surface area contributed by atoms with Crippen molar-refractivity contribution < 1.29 is 14.7 Å². The van der Waals surface area contributed by atoms with Crippen molar-refractivity contribution in [2.75, 3.05) is 25.5 Å². The number of rotatable bonds is 8. The van der Waals surface area contributed by atoms with Gasteiger partial charge in [0.15, 0.2) is 0 Å². The molecule has 0 radical (unpaired) electrons. The van der Waals surface area contributed by atoms with Crippen LogP contribution in [0, 0.1) is 6.92 Å². The number of hydrogen-bond acceptors (Lipinski definition) is 4. The summed E-state index contributed by atoms with van der Waals surface area (Å²) in [6.45, 7) is 4.60. The van der Waals surface area contributed by atoms with Gasteiger partial charge in [0.25, 0.3) is 11.7 Å². The Hall–Kier alpha value is -3.08. The Labute approximate surface area is 185 Å². The molecule has 1 aliphatic heterocycles. The number of likely N-dealkylation sites (tertiary alicyclic amines) is 1.